The number of aryl methyl sites for hydroxylation is 1. The van der Waals surface area contributed by atoms with E-state index in [2.05, 4.69) is 55.6 Å². The molecule has 136 valence electrons. The number of rotatable bonds is 7. The van der Waals surface area contributed by atoms with Gasteiger partial charge in [-0.3, -0.25) is 0 Å². The summed E-state index contributed by atoms with van der Waals surface area (Å²) in [5, 5.41) is 6.91. The predicted molar refractivity (Wildman–Crippen MR) is 103 cm³/mol. The first-order valence-electron chi connectivity index (χ1n) is 8.94. The fourth-order valence-corrected chi connectivity index (χ4v) is 3.86. The minimum Gasteiger partial charge on any atom is -0.381 e. The Hall–Kier alpha value is -1.11. The van der Waals surface area contributed by atoms with Crippen LogP contribution < -0.4 is 10.6 Å². The zero-order valence-corrected chi connectivity index (χ0v) is 16.3. The molecule has 0 saturated carbocycles. The van der Waals surface area contributed by atoms with Gasteiger partial charge in [-0.15, -0.1) is 11.3 Å². The summed E-state index contributed by atoms with van der Waals surface area (Å²) < 4.78 is 5.55. The van der Waals surface area contributed by atoms with Crippen molar-refractivity contribution in [2.75, 3.05) is 40.4 Å². The summed E-state index contributed by atoms with van der Waals surface area (Å²) in [5.41, 5.74) is 0.146. The Balaban J connectivity index is 1.97. The first-order valence-corrected chi connectivity index (χ1v) is 9.76. The minimum absolute atomic E-state index is 0.146. The third kappa shape index (κ3) is 5.19. The largest absolute Gasteiger partial charge is 0.381 e. The second-order valence-electron chi connectivity index (χ2n) is 6.50. The van der Waals surface area contributed by atoms with Crippen LogP contribution >= 0.6 is 11.3 Å². The van der Waals surface area contributed by atoms with E-state index in [1.807, 2.05) is 11.3 Å². The van der Waals surface area contributed by atoms with Crippen molar-refractivity contribution in [1.82, 2.24) is 15.5 Å². The Morgan fingerprint density at radius 2 is 1.92 bits per heavy atom. The number of nitrogens with one attached hydrogen (secondary N) is 2. The van der Waals surface area contributed by atoms with Crippen LogP contribution in [0.2, 0.25) is 0 Å². The standard InChI is InChI=1S/C18H32N4OS/c1-5-15-7-8-16(24-15)13-20-17(19-6-2)21-14-18(22(3)4)9-11-23-12-10-18/h7-8H,5-6,9-14H2,1-4H3,(H2,19,20,21). The maximum atomic E-state index is 5.55. The molecule has 2 heterocycles. The lowest BCUT2D eigenvalue weighted by atomic mass is 9.88. The highest BCUT2D eigenvalue weighted by Gasteiger charge is 2.34. The average molecular weight is 353 g/mol. The van der Waals surface area contributed by atoms with Crippen LogP contribution in [0.3, 0.4) is 0 Å². The van der Waals surface area contributed by atoms with E-state index >= 15 is 0 Å². The molecule has 1 saturated heterocycles. The third-order valence-electron chi connectivity index (χ3n) is 4.76. The maximum Gasteiger partial charge on any atom is 0.191 e. The highest BCUT2D eigenvalue weighted by Crippen LogP contribution is 2.25. The predicted octanol–water partition coefficient (Wildman–Crippen LogP) is 2.48. The van der Waals surface area contributed by atoms with Gasteiger partial charge in [0, 0.05) is 41.6 Å². The number of aliphatic imine (C=N–C) groups is 1. The van der Waals surface area contributed by atoms with Gasteiger partial charge in [0.25, 0.3) is 0 Å². The van der Waals surface area contributed by atoms with E-state index in [4.69, 9.17) is 9.73 Å². The molecule has 1 fully saturated rings. The molecule has 0 atom stereocenters. The number of hydrogen-bond donors (Lipinski definition) is 2. The summed E-state index contributed by atoms with van der Waals surface area (Å²) in [6, 6.07) is 4.40. The molecule has 6 heteroatoms. The SMILES string of the molecule is CCNC(=NCc1ccc(CC)s1)NCC1(N(C)C)CCOCC1. The van der Waals surface area contributed by atoms with Gasteiger partial charge in [0.05, 0.1) is 6.54 Å². The Morgan fingerprint density at radius 3 is 2.50 bits per heavy atom. The molecule has 0 bridgehead atoms. The summed E-state index contributed by atoms with van der Waals surface area (Å²) in [7, 11) is 4.32. The van der Waals surface area contributed by atoms with E-state index in [1.54, 1.807) is 0 Å². The molecular weight excluding hydrogens is 320 g/mol. The van der Waals surface area contributed by atoms with Gasteiger partial charge in [-0.2, -0.15) is 0 Å². The van der Waals surface area contributed by atoms with E-state index in [-0.39, 0.29) is 5.54 Å². The smallest absolute Gasteiger partial charge is 0.191 e. The lowest BCUT2D eigenvalue weighted by Crippen LogP contribution is -2.57. The van der Waals surface area contributed by atoms with Crippen LogP contribution in [-0.2, 0) is 17.7 Å². The molecular formula is C18H32N4OS. The van der Waals surface area contributed by atoms with Crippen LogP contribution in [0.4, 0.5) is 0 Å². The van der Waals surface area contributed by atoms with Gasteiger partial charge in [0.15, 0.2) is 5.96 Å². The lowest BCUT2D eigenvalue weighted by Gasteiger charge is -2.43. The fourth-order valence-electron chi connectivity index (χ4n) is 2.98. The molecule has 2 rings (SSSR count). The zero-order valence-electron chi connectivity index (χ0n) is 15.5. The monoisotopic (exact) mass is 352 g/mol. The van der Waals surface area contributed by atoms with Crippen molar-refractivity contribution in [1.29, 1.82) is 0 Å². The topological polar surface area (TPSA) is 48.9 Å². The fraction of sp³-hybridized carbons (Fsp3) is 0.722. The Labute approximate surface area is 150 Å². The summed E-state index contributed by atoms with van der Waals surface area (Å²) in [6.07, 6.45) is 3.20. The molecule has 0 amide bonds. The third-order valence-corrected chi connectivity index (χ3v) is 5.97. The molecule has 0 aromatic carbocycles. The second-order valence-corrected chi connectivity index (χ2v) is 7.75. The Bertz CT molecular complexity index is 521. The Morgan fingerprint density at radius 1 is 1.21 bits per heavy atom. The molecule has 1 aliphatic rings. The zero-order chi connectivity index (χ0) is 17.4. The number of thiophene rings is 1. The molecule has 1 aliphatic heterocycles. The van der Waals surface area contributed by atoms with Gasteiger partial charge in [-0.25, -0.2) is 4.99 Å². The van der Waals surface area contributed by atoms with Crippen molar-refractivity contribution in [2.24, 2.45) is 4.99 Å². The summed E-state index contributed by atoms with van der Waals surface area (Å²) in [6.45, 7) is 8.46. The maximum absolute atomic E-state index is 5.55. The quantitative estimate of drug-likeness (QED) is 0.585. The first kappa shape index (κ1) is 19.2. The van der Waals surface area contributed by atoms with Crippen LogP contribution in [0.1, 0.15) is 36.4 Å². The summed E-state index contributed by atoms with van der Waals surface area (Å²) in [4.78, 5) is 9.83. The van der Waals surface area contributed by atoms with Crippen molar-refractivity contribution in [3.8, 4) is 0 Å². The highest BCUT2D eigenvalue weighted by molar-refractivity contribution is 7.11. The van der Waals surface area contributed by atoms with Crippen molar-refractivity contribution in [3.63, 3.8) is 0 Å². The number of ether oxygens (including phenoxy) is 1. The van der Waals surface area contributed by atoms with Gasteiger partial charge in [0.1, 0.15) is 0 Å². The van der Waals surface area contributed by atoms with E-state index in [0.29, 0.717) is 0 Å². The van der Waals surface area contributed by atoms with E-state index in [0.717, 1.165) is 58.1 Å². The summed E-state index contributed by atoms with van der Waals surface area (Å²) >= 11 is 1.86. The highest BCUT2D eigenvalue weighted by atomic mass is 32.1. The van der Waals surface area contributed by atoms with Gasteiger partial charge in [-0.1, -0.05) is 6.92 Å². The second kappa shape index (κ2) is 9.39. The molecule has 0 unspecified atom stereocenters. The average Bonchev–Trinajstić information content (AvgIpc) is 3.06. The lowest BCUT2D eigenvalue weighted by molar-refractivity contribution is -0.00501. The van der Waals surface area contributed by atoms with Crippen LogP contribution in [0.15, 0.2) is 17.1 Å². The Kier molecular flexibility index (Phi) is 7.52. The number of hydrogen-bond acceptors (Lipinski definition) is 4. The molecule has 0 radical (unpaired) electrons. The van der Waals surface area contributed by atoms with Crippen LogP contribution in [-0.4, -0.2) is 56.8 Å². The first-order chi connectivity index (χ1) is 11.6. The van der Waals surface area contributed by atoms with Gasteiger partial charge < -0.3 is 20.3 Å². The molecule has 0 spiro atoms. The minimum atomic E-state index is 0.146. The van der Waals surface area contributed by atoms with Gasteiger partial charge >= 0.3 is 0 Å². The normalized spacial score (nSPS) is 18.0. The molecule has 1 aromatic heterocycles. The molecule has 2 N–H and O–H groups in total. The summed E-state index contributed by atoms with van der Waals surface area (Å²) in [5.74, 6) is 0.900. The van der Waals surface area contributed by atoms with Crippen molar-refractivity contribution in [3.05, 3.63) is 21.9 Å². The molecule has 1 aromatic rings. The number of nitrogens with zero attached hydrogens (tertiary/aromatic N) is 2. The van der Waals surface area contributed by atoms with E-state index in [9.17, 15) is 0 Å². The number of guanidine groups is 1. The van der Waals surface area contributed by atoms with Crippen LogP contribution in [0.25, 0.3) is 0 Å². The van der Waals surface area contributed by atoms with E-state index < -0.39 is 0 Å². The van der Waals surface area contributed by atoms with Crippen molar-refractivity contribution < 1.29 is 4.74 Å². The van der Waals surface area contributed by atoms with Gasteiger partial charge in [0.2, 0.25) is 0 Å². The van der Waals surface area contributed by atoms with Crippen molar-refractivity contribution >= 4 is 17.3 Å². The number of likely N-dealkylation sites (N-methyl/N-ethyl adjacent to an activating group) is 1. The van der Waals surface area contributed by atoms with Crippen LogP contribution in [0, 0.1) is 0 Å². The molecule has 24 heavy (non-hydrogen) atoms. The molecule has 5 nitrogen and oxygen atoms in total. The van der Waals surface area contributed by atoms with E-state index in [1.165, 1.54) is 9.75 Å². The molecule has 0 aliphatic carbocycles. The van der Waals surface area contributed by atoms with Gasteiger partial charge in [-0.05, 0) is 52.4 Å². The van der Waals surface area contributed by atoms with Crippen molar-refractivity contribution in [2.45, 2.75) is 45.2 Å². The van der Waals surface area contributed by atoms with Crippen LogP contribution in [0.5, 0.6) is 0 Å².